The van der Waals surface area contributed by atoms with Crippen LogP contribution in [0.25, 0.3) is 0 Å². The van der Waals surface area contributed by atoms with E-state index in [0.717, 1.165) is 12.1 Å². The molecule has 1 N–H and O–H groups in total. The molecular weight excluding hydrogens is 394 g/mol. The zero-order valence-corrected chi connectivity index (χ0v) is 16.3. The van der Waals surface area contributed by atoms with E-state index in [-0.39, 0.29) is 24.5 Å². The van der Waals surface area contributed by atoms with E-state index in [4.69, 9.17) is 9.47 Å². The van der Waals surface area contributed by atoms with Crippen LogP contribution >= 0.6 is 8.46 Å². The lowest BCUT2D eigenvalue weighted by Gasteiger charge is -2.20. The SMILES string of the molecule is CCOC(OCC)([PH+]=O)c1ccc(C(=O)Nc2ccc(C(F)(F)F)cc2)cc1. The Labute approximate surface area is 162 Å². The summed E-state index contributed by atoms with van der Waals surface area (Å²) >= 11 is 0. The number of carbonyl (C=O) groups excluding carboxylic acids is 1. The lowest BCUT2D eigenvalue weighted by Crippen LogP contribution is -2.27. The Morgan fingerprint density at radius 3 is 1.86 bits per heavy atom. The van der Waals surface area contributed by atoms with Gasteiger partial charge in [0.25, 0.3) is 5.91 Å². The number of benzene rings is 2. The molecule has 0 bridgehead atoms. The van der Waals surface area contributed by atoms with Gasteiger partial charge in [0.1, 0.15) is 0 Å². The van der Waals surface area contributed by atoms with Gasteiger partial charge >= 0.3 is 20.2 Å². The number of ether oxygens (including phenoxy) is 2. The minimum Gasteiger partial charge on any atom is -0.322 e. The average Bonchev–Trinajstić information content (AvgIpc) is 2.67. The summed E-state index contributed by atoms with van der Waals surface area (Å²) in [5.74, 6) is -0.491. The first-order chi connectivity index (χ1) is 13.3. The minimum atomic E-state index is -4.44. The normalized spacial score (nSPS) is 12.2. The maximum atomic E-state index is 12.6. The third kappa shape index (κ3) is 5.16. The van der Waals surface area contributed by atoms with E-state index in [9.17, 15) is 22.5 Å². The molecule has 5 nitrogen and oxygen atoms in total. The molecule has 2 rings (SSSR count). The molecule has 0 saturated heterocycles. The maximum absolute atomic E-state index is 12.6. The summed E-state index contributed by atoms with van der Waals surface area (Å²) < 4.78 is 60.5. The summed E-state index contributed by atoms with van der Waals surface area (Å²) in [4.78, 5) is 12.3. The van der Waals surface area contributed by atoms with Gasteiger partial charge in [-0.1, -0.05) is 4.57 Å². The number of hydrogen-bond acceptors (Lipinski definition) is 4. The van der Waals surface area contributed by atoms with Gasteiger partial charge in [-0.2, -0.15) is 13.2 Å². The predicted molar refractivity (Wildman–Crippen MR) is 99.8 cm³/mol. The second-order valence-corrected chi connectivity index (χ2v) is 6.55. The molecule has 1 atom stereocenters. The van der Waals surface area contributed by atoms with Gasteiger partial charge < -0.3 is 14.8 Å². The number of carbonyl (C=O) groups is 1. The molecule has 2 aromatic carbocycles. The summed E-state index contributed by atoms with van der Waals surface area (Å²) in [5.41, 5.74) is -1.18. The molecule has 0 aromatic heterocycles. The van der Waals surface area contributed by atoms with Gasteiger partial charge in [0, 0.05) is 11.3 Å². The van der Waals surface area contributed by atoms with Crippen molar-refractivity contribution in [2.24, 2.45) is 0 Å². The number of halogens is 3. The zero-order valence-electron chi connectivity index (χ0n) is 15.3. The summed E-state index contributed by atoms with van der Waals surface area (Å²) in [7, 11) is -0.914. The van der Waals surface area contributed by atoms with Gasteiger partial charge in [0.05, 0.1) is 24.3 Å². The molecule has 0 saturated carbocycles. The molecule has 0 aliphatic rings. The van der Waals surface area contributed by atoms with Gasteiger partial charge in [-0.3, -0.25) is 4.79 Å². The standard InChI is InChI=1S/C19H19F3NO4P/c1-3-26-19(28-25,27-4-2)15-7-5-13(6-8-15)17(24)23-16-11-9-14(10-12-16)18(20,21)22/h5-12H,3-4H2,1-2H3,(H,23,24)/p+1. The number of amides is 1. The highest BCUT2D eigenvalue weighted by Gasteiger charge is 2.43. The van der Waals surface area contributed by atoms with Crippen LogP contribution in [-0.2, 0) is 25.7 Å². The van der Waals surface area contributed by atoms with E-state index >= 15 is 0 Å². The maximum Gasteiger partial charge on any atom is 0.416 e. The van der Waals surface area contributed by atoms with Crippen molar-refractivity contribution in [1.29, 1.82) is 0 Å². The lowest BCUT2D eigenvalue weighted by atomic mass is 10.1. The highest BCUT2D eigenvalue weighted by molar-refractivity contribution is 7.24. The van der Waals surface area contributed by atoms with Crippen molar-refractivity contribution in [3.8, 4) is 0 Å². The molecule has 1 unspecified atom stereocenters. The van der Waals surface area contributed by atoms with Crippen molar-refractivity contribution >= 4 is 20.1 Å². The van der Waals surface area contributed by atoms with Crippen molar-refractivity contribution in [1.82, 2.24) is 0 Å². The molecule has 150 valence electrons. The van der Waals surface area contributed by atoms with E-state index in [2.05, 4.69) is 5.32 Å². The first-order valence-electron chi connectivity index (χ1n) is 8.52. The summed E-state index contributed by atoms with van der Waals surface area (Å²) in [6, 6.07) is 10.3. The minimum absolute atomic E-state index is 0.237. The first kappa shape index (κ1) is 22.0. The molecule has 0 aliphatic carbocycles. The van der Waals surface area contributed by atoms with Crippen molar-refractivity contribution in [3.05, 3.63) is 65.2 Å². The third-order valence-electron chi connectivity index (χ3n) is 3.83. The molecule has 0 heterocycles. The smallest absolute Gasteiger partial charge is 0.322 e. The Hall–Kier alpha value is -2.28. The van der Waals surface area contributed by atoms with Crippen LogP contribution < -0.4 is 5.32 Å². The summed E-state index contributed by atoms with van der Waals surface area (Å²) in [6.07, 6.45) is -4.44. The fraction of sp³-hybridized carbons (Fsp3) is 0.316. The van der Waals surface area contributed by atoms with Crippen molar-refractivity contribution in [2.45, 2.75) is 25.6 Å². The van der Waals surface area contributed by atoms with Crippen molar-refractivity contribution < 1.29 is 32.0 Å². The largest absolute Gasteiger partial charge is 0.416 e. The fourth-order valence-electron chi connectivity index (χ4n) is 2.52. The van der Waals surface area contributed by atoms with Crippen molar-refractivity contribution in [2.75, 3.05) is 18.5 Å². The number of rotatable bonds is 8. The molecule has 0 radical (unpaired) electrons. The number of hydrogen-bond donors (Lipinski definition) is 1. The molecular formula is C19H20F3NO4P+. The monoisotopic (exact) mass is 414 g/mol. The highest BCUT2D eigenvalue weighted by atomic mass is 31.1. The Kier molecular flexibility index (Phi) is 7.29. The molecule has 2 aromatic rings. The predicted octanol–water partition coefficient (Wildman–Crippen LogP) is 5.17. The Morgan fingerprint density at radius 1 is 0.929 bits per heavy atom. The second kappa shape index (κ2) is 9.28. The topological polar surface area (TPSA) is 64.6 Å². The molecule has 1 amide bonds. The highest BCUT2D eigenvalue weighted by Crippen LogP contribution is 2.38. The summed E-state index contributed by atoms with van der Waals surface area (Å²) in [6.45, 7) is 4.07. The van der Waals surface area contributed by atoms with Crippen LogP contribution in [0, 0.1) is 0 Å². The van der Waals surface area contributed by atoms with E-state index in [0.29, 0.717) is 5.56 Å². The number of anilines is 1. The second-order valence-electron chi connectivity index (χ2n) is 5.69. The van der Waals surface area contributed by atoms with Crippen LogP contribution in [0.15, 0.2) is 48.5 Å². The molecule has 0 spiro atoms. The van der Waals surface area contributed by atoms with Gasteiger partial charge in [0.15, 0.2) is 0 Å². The van der Waals surface area contributed by atoms with Crippen LogP contribution in [-0.4, -0.2) is 19.1 Å². The van der Waals surface area contributed by atoms with E-state index in [1.165, 1.54) is 24.3 Å². The number of alkyl halides is 3. The Bertz CT molecular complexity index is 801. The van der Waals surface area contributed by atoms with Gasteiger partial charge in [-0.05, 0) is 62.4 Å². The van der Waals surface area contributed by atoms with E-state index in [1.807, 2.05) is 0 Å². The molecule has 28 heavy (non-hydrogen) atoms. The van der Waals surface area contributed by atoms with Crippen LogP contribution in [0.4, 0.5) is 18.9 Å². The zero-order chi connectivity index (χ0) is 20.8. The van der Waals surface area contributed by atoms with Gasteiger partial charge in [0.2, 0.25) is 0 Å². The number of nitrogens with one attached hydrogen (secondary N) is 1. The lowest BCUT2D eigenvalue weighted by molar-refractivity contribution is -0.176. The Balaban J connectivity index is 2.16. The van der Waals surface area contributed by atoms with Crippen LogP contribution in [0.2, 0.25) is 0 Å². The third-order valence-corrected chi connectivity index (χ3v) is 4.67. The van der Waals surface area contributed by atoms with Crippen LogP contribution in [0.3, 0.4) is 0 Å². The van der Waals surface area contributed by atoms with E-state index in [1.54, 1.807) is 26.0 Å². The molecule has 0 aliphatic heterocycles. The molecule has 0 fully saturated rings. The molecule has 9 heteroatoms. The van der Waals surface area contributed by atoms with Gasteiger partial charge in [-0.25, -0.2) is 0 Å². The fourth-order valence-corrected chi connectivity index (χ4v) is 3.21. The quantitative estimate of drug-likeness (QED) is 0.479. The van der Waals surface area contributed by atoms with Crippen LogP contribution in [0.5, 0.6) is 0 Å². The first-order valence-corrected chi connectivity index (χ1v) is 9.43. The Morgan fingerprint density at radius 2 is 1.43 bits per heavy atom. The average molecular weight is 414 g/mol. The van der Waals surface area contributed by atoms with Crippen molar-refractivity contribution in [3.63, 3.8) is 0 Å². The van der Waals surface area contributed by atoms with Gasteiger partial charge in [-0.15, -0.1) is 0 Å². The van der Waals surface area contributed by atoms with Crippen LogP contribution in [0.1, 0.15) is 35.3 Å². The van der Waals surface area contributed by atoms with E-state index < -0.39 is 31.6 Å². The summed E-state index contributed by atoms with van der Waals surface area (Å²) in [5, 5.41) is 2.53.